The Morgan fingerprint density at radius 3 is 2.92 bits per heavy atom. The van der Waals surface area contributed by atoms with Gasteiger partial charge in [0.05, 0.1) is 13.7 Å². The zero-order valence-electron chi connectivity index (χ0n) is 6.74. The number of aromatic nitrogens is 2. The van der Waals surface area contributed by atoms with E-state index in [2.05, 4.69) is 21.8 Å². The van der Waals surface area contributed by atoms with Crippen LogP contribution in [0.25, 0.3) is 0 Å². The molecule has 0 aromatic carbocycles. The molecule has 62 valence electrons. The SMILES string of the molecule is COc1nccnc1C#CCN. The maximum Gasteiger partial charge on any atom is 0.248 e. The molecule has 4 nitrogen and oxygen atoms in total. The molecule has 0 radical (unpaired) electrons. The third-order valence-corrected chi connectivity index (χ3v) is 1.17. The maximum absolute atomic E-state index is 5.21. The van der Waals surface area contributed by atoms with Crippen molar-refractivity contribution in [2.45, 2.75) is 0 Å². The van der Waals surface area contributed by atoms with Gasteiger partial charge in [0.1, 0.15) is 0 Å². The molecule has 0 atom stereocenters. The monoisotopic (exact) mass is 163 g/mol. The average Bonchev–Trinajstić information content (AvgIpc) is 2.15. The third-order valence-electron chi connectivity index (χ3n) is 1.17. The zero-order valence-corrected chi connectivity index (χ0v) is 6.74. The number of ether oxygens (including phenoxy) is 1. The minimum absolute atomic E-state index is 0.305. The van der Waals surface area contributed by atoms with Crippen LogP contribution in [0.15, 0.2) is 12.4 Å². The highest BCUT2D eigenvalue weighted by Gasteiger charge is 1.99. The normalized spacial score (nSPS) is 8.50. The molecule has 0 aliphatic rings. The summed E-state index contributed by atoms with van der Waals surface area (Å²) in [4.78, 5) is 7.89. The Morgan fingerprint density at radius 1 is 1.50 bits per heavy atom. The van der Waals surface area contributed by atoms with Gasteiger partial charge >= 0.3 is 0 Å². The summed E-state index contributed by atoms with van der Waals surface area (Å²) in [6, 6.07) is 0. The van der Waals surface area contributed by atoms with Crippen molar-refractivity contribution < 1.29 is 4.74 Å². The maximum atomic E-state index is 5.21. The van der Waals surface area contributed by atoms with Gasteiger partial charge < -0.3 is 10.5 Å². The second-order valence-corrected chi connectivity index (χ2v) is 1.92. The molecule has 1 aromatic rings. The van der Waals surface area contributed by atoms with E-state index in [1.165, 1.54) is 7.11 Å². The third kappa shape index (κ3) is 1.94. The van der Waals surface area contributed by atoms with Crippen molar-refractivity contribution in [3.8, 4) is 17.7 Å². The van der Waals surface area contributed by atoms with Crippen LogP contribution in [0.1, 0.15) is 5.69 Å². The van der Waals surface area contributed by atoms with E-state index in [9.17, 15) is 0 Å². The van der Waals surface area contributed by atoms with Crippen molar-refractivity contribution in [2.75, 3.05) is 13.7 Å². The van der Waals surface area contributed by atoms with Crippen LogP contribution in [-0.2, 0) is 0 Å². The number of rotatable bonds is 1. The summed E-state index contributed by atoms with van der Waals surface area (Å²) in [5.74, 6) is 5.85. The van der Waals surface area contributed by atoms with Gasteiger partial charge in [0.2, 0.25) is 5.88 Å². The molecule has 1 rings (SSSR count). The molecule has 0 spiro atoms. The topological polar surface area (TPSA) is 61.0 Å². The summed E-state index contributed by atoms with van der Waals surface area (Å²) in [5, 5.41) is 0. The van der Waals surface area contributed by atoms with Gasteiger partial charge in [-0.25, -0.2) is 9.97 Å². The first-order chi connectivity index (χ1) is 5.88. The van der Waals surface area contributed by atoms with E-state index in [1.807, 2.05) is 0 Å². The summed E-state index contributed by atoms with van der Waals surface area (Å²) in [6.07, 6.45) is 3.11. The zero-order chi connectivity index (χ0) is 8.81. The number of nitrogens with two attached hydrogens (primary N) is 1. The lowest BCUT2D eigenvalue weighted by Gasteiger charge is -1.97. The van der Waals surface area contributed by atoms with Crippen LogP contribution >= 0.6 is 0 Å². The van der Waals surface area contributed by atoms with Crippen LogP contribution in [0.5, 0.6) is 5.88 Å². The molecule has 2 N–H and O–H groups in total. The Balaban J connectivity index is 2.97. The molecule has 0 unspecified atom stereocenters. The van der Waals surface area contributed by atoms with Crippen LogP contribution in [0.2, 0.25) is 0 Å². The average molecular weight is 163 g/mol. The van der Waals surface area contributed by atoms with E-state index in [0.29, 0.717) is 18.1 Å². The van der Waals surface area contributed by atoms with Gasteiger partial charge in [0.25, 0.3) is 0 Å². The van der Waals surface area contributed by atoms with Gasteiger partial charge in [-0.3, -0.25) is 0 Å². The summed E-state index contributed by atoms with van der Waals surface area (Å²) >= 11 is 0. The van der Waals surface area contributed by atoms with Crippen molar-refractivity contribution in [1.29, 1.82) is 0 Å². The Labute approximate surface area is 70.8 Å². The lowest BCUT2D eigenvalue weighted by atomic mass is 10.4. The Kier molecular flexibility index (Phi) is 3.05. The fraction of sp³-hybridized carbons (Fsp3) is 0.250. The van der Waals surface area contributed by atoms with Gasteiger partial charge in [0, 0.05) is 12.4 Å². The second-order valence-electron chi connectivity index (χ2n) is 1.92. The first-order valence-electron chi connectivity index (χ1n) is 3.42. The van der Waals surface area contributed by atoms with E-state index in [0.717, 1.165) is 0 Å². The summed E-state index contributed by atoms with van der Waals surface area (Å²) in [6.45, 7) is 0.305. The second kappa shape index (κ2) is 4.31. The smallest absolute Gasteiger partial charge is 0.248 e. The fourth-order valence-corrected chi connectivity index (χ4v) is 0.695. The molecular formula is C8H9N3O. The predicted octanol–water partition coefficient (Wildman–Crippen LogP) is -0.205. The lowest BCUT2D eigenvalue weighted by Crippen LogP contribution is -1.96. The van der Waals surface area contributed by atoms with E-state index in [4.69, 9.17) is 10.5 Å². The van der Waals surface area contributed by atoms with Crippen molar-refractivity contribution in [3.63, 3.8) is 0 Å². The van der Waals surface area contributed by atoms with Gasteiger partial charge in [0.15, 0.2) is 5.69 Å². The fourth-order valence-electron chi connectivity index (χ4n) is 0.695. The molecular weight excluding hydrogens is 154 g/mol. The summed E-state index contributed by atoms with van der Waals surface area (Å²) < 4.78 is 4.93. The molecule has 0 bridgehead atoms. The molecule has 0 fully saturated rings. The largest absolute Gasteiger partial charge is 0.479 e. The Morgan fingerprint density at radius 2 is 2.25 bits per heavy atom. The lowest BCUT2D eigenvalue weighted by molar-refractivity contribution is 0.394. The first-order valence-corrected chi connectivity index (χ1v) is 3.42. The van der Waals surface area contributed by atoms with Crippen molar-refractivity contribution in [3.05, 3.63) is 18.1 Å². The minimum atomic E-state index is 0.305. The minimum Gasteiger partial charge on any atom is -0.479 e. The molecule has 0 aliphatic heterocycles. The standard InChI is InChI=1S/C8H9N3O/c1-12-8-7(3-2-4-9)10-5-6-11-8/h5-6H,4,9H2,1H3. The van der Waals surface area contributed by atoms with Crippen molar-refractivity contribution >= 4 is 0 Å². The molecule has 1 aromatic heterocycles. The van der Waals surface area contributed by atoms with Gasteiger partial charge in [-0.2, -0.15) is 0 Å². The Hall–Kier alpha value is -1.60. The van der Waals surface area contributed by atoms with Crippen LogP contribution in [0.4, 0.5) is 0 Å². The molecule has 0 aliphatic carbocycles. The number of hydrogen-bond acceptors (Lipinski definition) is 4. The van der Waals surface area contributed by atoms with Crippen LogP contribution in [-0.4, -0.2) is 23.6 Å². The number of nitrogens with zero attached hydrogens (tertiary/aromatic N) is 2. The molecule has 0 saturated carbocycles. The predicted molar refractivity (Wildman–Crippen MR) is 44.5 cm³/mol. The molecule has 4 heteroatoms. The van der Waals surface area contributed by atoms with Gasteiger partial charge in [-0.15, -0.1) is 0 Å². The van der Waals surface area contributed by atoms with Gasteiger partial charge in [-0.05, 0) is 5.92 Å². The number of hydrogen-bond donors (Lipinski definition) is 1. The van der Waals surface area contributed by atoms with Crippen LogP contribution < -0.4 is 10.5 Å². The molecule has 0 amide bonds. The van der Waals surface area contributed by atoms with E-state index >= 15 is 0 Å². The summed E-state index contributed by atoms with van der Waals surface area (Å²) in [7, 11) is 1.53. The molecule has 1 heterocycles. The molecule has 0 saturated heterocycles. The van der Waals surface area contributed by atoms with Gasteiger partial charge in [-0.1, -0.05) is 5.92 Å². The highest BCUT2D eigenvalue weighted by molar-refractivity contribution is 5.35. The van der Waals surface area contributed by atoms with Crippen LogP contribution in [0, 0.1) is 11.8 Å². The number of methoxy groups -OCH3 is 1. The first kappa shape index (κ1) is 8.50. The molecule has 12 heavy (non-hydrogen) atoms. The summed E-state index contributed by atoms with van der Waals surface area (Å²) in [5.41, 5.74) is 5.72. The highest BCUT2D eigenvalue weighted by Crippen LogP contribution is 2.07. The highest BCUT2D eigenvalue weighted by atomic mass is 16.5. The van der Waals surface area contributed by atoms with Crippen molar-refractivity contribution in [1.82, 2.24) is 9.97 Å². The van der Waals surface area contributed by atoms with E-state index in [-0.39, 0.29) is 0 Å². The Bertz CT molecular complexity index is 314. The van der Waals surface area contributed by atoms with Crippen molar-refractivity contribution in [2.24, 2.45) is 5.73 Å². The van der Waals surface area contributed by atoms with Crippen LogP contribution in [0.3, 0.4) is 0 Å². The van der Waals surface area contributed by atoms with E-state index in [1.54, 1.807) is 12.4 Å². The van der Waals surface area contributed by atoms with E-state index < -0.39 is 0 Å². The quantitative estimate of drug-likeness (QED) is 0.582.